The van der Waals surface area contributed by atoms with Gasteiger partial charge >= 0.3 is 0 Å². The van der Waals surface area contributed by atoms with Crippen molar-refractivity contribution < 1.29 is 18.3 Å². The quantitative estimate of drug-likeness (QED) is 0.372. The smallest absolute Gasteiger partial charge is 0.291 e. The molecule has 5 rings (SSSR count). The predicted octanol–water partition coefficient (Wildman–Crippen LogP) is 5.41. The fourth-order valence-electron chi connectivity index (χ4n) is 4.22. The minimum absolute atomic E-state index is 0.00608. The SMILES string of the molecule is COc1ccc(CN2C(=O)c3oc4ccc(F)cc4c(=O)c3[C@@H]2c2ccc(SC)cc2)cc1. The molecular formula is C26H20FNO4S. The molecule has 0 saturated carbocycles. The van der Waals surface area contributed by atoms with Crippen LogP contribution >= 0.6 is 11.8 Å². The van der Waals surface area contributed by atoms with E-state index in [1.54, 1.807) is 23.8 Å². The maximum atomic E-state index is 13.9. The lowest BCUT2D eigenvalue weighted by Gasteiger charge is -2.25. The van der Waals surface area contributed by atoms with Crippen molar-refractivity contribution in [3.05, 3.63) is 105 Å². The zero-order valence-corrected chi connectivity index (χ0v) is 18.8. The number of thioether (sulfide) groups is 1. The molecule has 0 N–H and O–H groups in total. The number of halogens is 1. The van der Waals surface area contributed by atoms with Gasteiger partial charge < -0.3 is 14.1 Å². The van der Waals surface area contributed by atoms with E-state index in [1.165, 1.54) is 12.1 Å². The van der Waals surface area contributed by atoms with Gasteiger partial charge in [0.2, 0.25) is 5.76 Å². The molecule has 7 heteroatoms. The van der Waals surface area contributed by atoms with Crippen LogP contribution in [0.5, 0.6) is 5.75 Å². The summed E-state index contributed by atoms with van der Waals surface area (Å²) in [6.45, 7) is 0.270. The highest BCUT2D eigenvalue weighted by atomic mass is 32.2. The lowest BCUT2D eigenvalue weighted by molar-refractivity contribution is 0.0714. The number of carbonyl (C=O) groups is 1. The molecule has 0 spiro atoms. The number of methoxy groups -OCH3 is 1. The summed E-state index contributed by atoms with van der Waals surface area (Å²) < 4.78 is 25.0. The number of benzene rings is 3. The van der Waals surface area contributed by atoms with Crippen molar-refractivity contribution >= 4 is 28.6 Å². The van der Waals surface area contributed by atoms with Gasteiger partial charge in [0.25, 0.3) is 5.91 Å². The molecule has 1 aromatic heterocycles. The van der Waals surface area contributed by atoms with Gasteiger partial charge in [-0.3, -0.25) is 9.59 Å². The van der Waals surface area contributed by atoms with Crippen molar-refractivity contribution in [3.63, 3.8) is 0 Å². The second kappa shape index (κ2) is 8.41. The third-order valence-electron chi connectivity index (χ3n) is 5.87. The van der Waals surface area contributed by atoms with E-state index in [1.807, 2.05) is 54.8 Å². The van der Waals surface area contributed by atoms with Crippen molar-refractivity contribution in [1.82, 2.24) is 4.90 Å². The predicted molar refractivity (Wildman–Crippen MR) is 125 cm³/mol. The fraction of sp³-hybridized carbons (Fsp3) is 0.154. The number of rotatable bonds is 5. The highest BCUT2D eigenvalue weighted by Gasteiger charge is 2.42. The molecule has 0 aliphatic carbocycles. The van der Waals surface area contributed by atoms with E-state index in [-0.39, 0.29) is 34.7 Å². The number of hydrogen-bond donors (Lipinski definition) is 0. The van der Waals surface area contributed by atoms with E-state index in [4.69, 9.17) is 9.15 Å². The van der Waals surface area contributed by atoms with E-state index in [9.17, 15) is 14.0 Å². The molecule has 0 unspecified atom stereocenters. The Hall–Kier alpha value is -3.58. The van der Waals surface area contributed by atoms with E-state index in [2.05, 4.69) is 0 Å². The third kappa shape index (κ3) is 3.68. The first-order chi connectivity index (χ1) is 16.0. The Morgan fingerprint density at radius 3 is 2.42 bits per heavy atom. The van der Waals surface area contributed by atoms with Crippen LogP contribution < -0.4 is 10.2 Å². The van der Waals surface area contributed by atoms with Gasteiger partial charge in [-0.15, -0.1) is 11.8 Å². The average Bonchev–Trinajstić information content (AvgIpc) is 3.12. The van der Waals surface area contributed by atoms with Crippen LogP contribution in [-0.2, 0) is 6.54 Å². The minimum atomic E-state index is -0.644. The maximum Gasteiger partial charge on any atom is 0.291 e. The monoisotopic (exact) mass is 461 g/mol. The average molecular weight is 462 g/mol. The zero-order chi connectivity index (χ0) is 23.1. The molecular weight excluding hydrogens is 441 g/mol. The standard InChI is InChI=1S/C26H20FNO4S/c1-31-18-8-3-15(4-9-18)14-28-23(16-5-10-19(33-2)11-6-16)22-24(29)20-13-17(27)7-12-21(20)32-25(22)26(28)30/h3-13,23H,14H2,1-2H3/t23-/m0/s1. The fourth-order valence-corrected chi connectivity index (χ4v) is 4.62. The summed E-state index contributed by atoms with van der Waals surface area (Å²) in [5.41, 5.74) is 1.71. The van der Waals surface area contributed by atoms with Gasteiger partial charge in [0.15, 0.2) is 5.43 Å². The Morgan fingerprint density at radius 1 is 1.03 bits per heavy atom. The molecule has 1 atom stereocenters. The molecule has 4 aromatic rings. The Morgan fingerprint density at radius 2 is 1.76 bits per heavy atom. The number of ether oxygens (including phenoxy) is 1. The summed E-state index contributed by atoms with van der Waals surface area (Å²) in [6, 6.07) is 18.3. The Kier molecular flexibility index (Phi) is 5.42. The molecule has 0 radical (unpaired) electrons. The number of amides is 1. The van der Waals surface area contributed by atoms with Gasteiger partial charge in [-0.2, -0.15) is 0 Å². The van der Waals surface area contributed by atoms with Gasteiger partial charge in [0, 0.05) is 11.4 Å². The molecule has 0 bridgehead atoms. The summed E-state index contributed by atoms with van der Waals surface area (Å²) in [6.07, 6.45) is 1.98. The van der Waals surface area contributed by atoms with Crippen molar-refractivity contribution in [3.8, 4) is 5.75 Å². The highest BCUT2D eigenvalue weighted by Crippen LogP contribution is 2.39. The van der Waals surface area contributed by atoms with Crippen molar-refractivity contribution in [2.45, 2.75) is 17.5 Å². The number of hydrogen-bond acceptors (Lipinski definition) is 5. The molecule has 1 aliphatic heterocycles. The van der Waals surface area contributed by atoms with Crippen LogP contribution in [0.15, 0.2) is 80.8 Å². The Labute approximate surface area is 193 Å². The molecule has 1 aliphatic rings. The Balaban J connectivity index is 1.67. The van der Waals surface area contributed by atoms with Gasteiger partial charge in [-0.05, 0) is 59.8 Å². The summed E-state index contributed by atoms with van der Waals surface area (Å²) in [7, 11) is 1.59. The van der Waals surface area contributed by atoms with E-state index < -0.39 is 17.3 Å². The second-order valence-electron chi connectivity index (χ2n) is 7.77. The van der Waals surface area contributed by atoms with Crippen LogP contribution in [0.2, 0.25) is 0 Å². The lowest BCUT2D eigenvalue weighted by atomic mass is 9.98. The molecule has 2 heterocycles. The normalized spacial score (nSPS) is 15.2. The van der Waals surface area contributed by atoms with Gasteiger partial charge in [-0.1, -0.05) is 24.3 Å². The highest BCUT2D eigenvalue weighted by molar-refractivity contribution is 7.98. The van der Waals surface area contributed by atoms with Crippen molar-refractivity contribution in [2.24, 2.45) is 0 Å². The van der Waals surface area contributed by atoms with Gasteiger partial charge in [-0.25, -0.2) is 4.39 Å². The number of fused-ring (bicyclic) bond motifs is 2. The lowest BCUT2D eigenvalue weighted by Crippen LogP contribution is -2.29. The molecule has 166 valence electrons. The van der Waals surface area contributed by atoms with E-state index >= 15 is 0 Å². The van der Waals surface area contributed by atoms with Gasteiger partial charge in [0.1, 0.15) is 17.1 Å². The van der Waals surface area contributed by atoms with Crippen LogP contribution in [-0.4, -0.2) is 24.2 Å². The molecule has 5 nitrogen and oxygen atoms in total. The molecule has 0 fully saturated rings. The first-order valence-electron chi connectivity index (χ1n) is 10.3. The van der Waals surface area contributed by atoms with E-state index in [0.717, 1.165) is 22.1 Å². The van der Waals surface area contributed by atoms with Crippen LogP contribution in [0, 0.1) is 5.82 Å². The van der Waals surface area contributed by atoms with Crippen LogP contribution in [0.3, 0.4) is 0 Å². The van der Waals surface area contributed by atoms with Crippen molar-refractivity contribution in [2.75, 3.05) is 13.4 Å². The zero-order valence-electron chi connectivity index (χ0n) is 18.0. The Bertz CT molecular complexity index is 1410. The van der Waals surface area contributed by atoms with E-state index in [0.29, 0.717) is 5.75 Å². The third-order valence-corrected chi connectivity index (χ3v) is 6.61. The summed E-state index contributed by atoms with van der Waals surface area (Å²) in [4.78, 5) is 29.7. The molecule has 1 amide bonds. The molecule has 33 heavy (non-hydrogen) atoms. The molecule has 0 saturated heterocycles. The van der Waals surface area contributed by atoms with Gasteiger partial charge in [0.05, 0.1) is 24.1 Å². The largest absolute Gasteiger partial charge is 0.497 e. The molecule has 3 aromatic carbocycles. The number of nitrogens with zero attached hydrogens (tertiary/aromatic N) is 1. The maximum absolute atomic E-state index is 13.9. The van der Waals surface area contributed by atoms with Crippen LogP contribution in [0.1, 0.15) is 33.3 Å². The first kappa shape index (κ1) is 21.3. The summed E-state index contributed by atoms with van der Waals surface area (Å²) >= 11 is 1.61. The first-order valence-corrected chi connectivity index (χ1v) is 11.6. The summed E-state index contributed by atoms with van der Waals surface area (Å²) in [5, 5.41) is 0.124. The van der Waals surface area contributed by atoms with Crippen molar-refractivity contribution in [1.29, 1.82) is 0 Å². The number of carbonyl (C=O) groups excluding carboxylic acids is 1. The topological polar surface area (TPSA) is 59.8 Å². The van der Waals surface area contributed by atoms with Crippen LogP contribution in [0.25, 0.3) is 11.0 Å². The minimum Gasteiger partial charge on any atom is -0.497 e. The van der Waals surface area contributed by atoms with Crippen LogP contribution in [0.4, 0.5) is 4.39 Å². The second-order valence-corrected chi connectivity index (χ2v) is 8.65. The summed E-state index contributed by atoms with van der Waals surface area (Å²) in [5.74, 6) is -0.186.